The van der Waals surface area contributed by atoms with Gasteiger partial charge in [-0.15, -0.1) is 0 Å². The number of carbonyl (C=O) groups is 2. The van der Waals surface area contributed by atoms with Crippen LogP contribution in [-0.4, -0.2) is 36.3 Å². The number of aryl methyl sites for hydroxylation is 1. The monoisotopic (exact) mass is 275 g/mol. The molecule has 1 fully saturated rings. The van der Waals surface area contributed by atoms with Gasteiger partial charge in [0.2, 0.25) is 11.8 Å². The number of nitrogens with zero attached hydrogens (tertiary/aromatic N) is 1. The third-order valence-electron chi connectivity index (χ3n) is 3.66. The number of piperidine rings is 1. The van der Waals surface area contributed by atoms with Crippen molar-refractivity contribution in [2.45, 2.75) is 19.8 Å². The van der Waals surface area contributed by atoms with E-state index >= 15 is 0 Å². The Kier molecular flexibility index (Phi) is 4.74. The van der Waals surface area contributed by atoms with E-state index in [0.717, 1.165) is 37.2 Å². The number of nitrogens with one attached hydrogen (secondary N) is 1. The van der Waals surface area contributed by atoms with Gasteiger partial charge in [0.15, 0.2) is 0 Å². The third-order valence-corrected chi connectivity index (χ3v) is 3.66. The summed E-state index contributed by atoms with van der Waals surface area (Å²) in [7, 11) is 0. The van der Waals surface area contributed by atoms with Gasteiger partial charge in [-0.1, -0.05) is 12.1 Å². The van der Waals surface area contributed by atoms with E-state index in [4.69, 9.17) is 5.73 Å². The van der Waals surface area contributed by atoms with Gasteiger partial charge in [-0.05, 0) is 50.6 Å². The Balaban J connectivity index is 1.80. The van der Waals surface area contributed by atoms with E-state index in [1.165, 1.54) is 0 Å². The molecule has 0 atom stereocenters. The van der Waals surface area contributed by atoms with Crippen LogP contribution in [0.25, 0.3) is 0 Å². The van der Waals surface area contributed by atoms with Crippen LogP contribution in [0.2, 0.25) is 0 Å². The molecule has 5 heteroatoms. The fourth-order valence-electron chi connectivity index (χ4n) is 2.50. The van der Waals surface area contributed by atoms with Gasteiger partial charge in [-0.3, -0.25) is 14.5 Å². The first kappa shape index (κ1) is 14.5. The predicted molar refractivity (Wildman–Crippen MR) is 78.2 cm³/mol. The van der Waals surface area contributed by atoms with Crippen LogP contribution in [0.1, 0.15) is 18.4 Å². The molecular weight excluding hydrogens is 254 g/mol. The van der Waals surface area contributed by atoms with Gasteiger partial charge < -0.3 is 11.1 Å². The van der Waals surface area contributed by atoms with E-state index in [1.54, 1.807) is 0 Å². The lowest BCUT2D eigenvalue weighted by Crippen LogP contribution is -2.42. The minimum absolute atomic E-state index is 0.0203. The Labute approximate surface area is 119 Å². The molecule has 2 rings (SSSR count). The number of hydrogen-bond acceptors (Lipinski definition) is 3. The highest BCUT2D eigenvalue weighted by Crippen LogP contribution is 2.16. The average Bonchev–Trinajstić information content (AvgIpc) is 2.39. The molecule has 108 valence electrons. The van der Waals surface area contributed by atoms with E-state index in [2.05, 4.69) is 10.2 Å². The van der Waals surface area contributed by atoms with Gasteiger partial charge >= 0.3 is 0 Å². The van der Waals surface area contributed by atoms with Crippen molar-refractivity contribution in [1.29, 1.82) is 0 Å². The zero-order valence-electron chi connectivity index (χ0n) is 11.8. The van der Waals surface area contributed by atoms with Gasteiger partial charge in [0.05, 0.1) is 6.54 Å². The van der Waals surface area contributed by atoms with Crippen molar-refractivity contribution in [1.82, 2.24) is 4.90 Å². The zero-order valence-corrected chi connectivity index (χ0v) is 11.8. The highest BCUT2D eigenvalue weighted by molar-refractivity contribution is 5.92. The molecule has 0 spiro atoms. The number of anilines is 1. The minimum Gasteiger partial charge on any atom is -0.369 e. The average molecular weight is 275 g/mol. The molecule has 1 aliphatic rings. The zero-order chi connectivity index (χ0) is 14.5. The molecule has 0 unspecified atom stereocenters. The van der Waals surface area contributed by atoms with Crippen molar-refractivity contribution >= 4 is 17.5 Å². The Morgan fingerprint density at radius 3 is 2.65 bits per heavy atom. The molecule has 1 aromatic rings. The van der Waals surface area contributed by atoms with Crippen molar-refractivity contribution in [2.75, 3.05) is 25.0 Å². The molecule has 1 saturated heterocycles. The maximum Gasteiger partial charge on any atom is 0.238 e. The third kappa shape index (κ3) is 4.06. The highest BCUT2D eigenvalue weighted by atomic mass is 16.2. The van der Waals surface area contributed by atoms with Crippen molar-refractivity contribution < 1.29 is 9.59 Å². The molecule has 2 amide bonds. The molecule has 0 saturated carbocycles. The summed E-state index contributed by atoms with van der Waals surface area (Å²) in [5.74, 6) is -0.284. The molecule has 5 nitrogen and oxygen atoms in total. The number of hydrogen-bond donors (Lipinski definition) is 2. The maximum absolute atomic E-state index is 12.0. The van der Waals surface area contributed by atoms with Gasteiger partial charge in [0.25, 0.3) is 0 Å². The molecule has 0 aromatic heterocycles. The van der Waals surface area contributed by atoms with Gasteiger partial charge in [0.1, 0.15) is 0 Å². The summed E-state index contributed by atoms with van der Waals surface area (Å²) in [6.45, 7) is 3.84. The van der Waals surface area contributed by atoms with E-state index in [1.807, 2.05) is 31.2 Å². The molecular formula is C15H21N3O2. The Morgan fingerprint density at radius 1 is 1.35 bits per heavy atom. The van der Waals surface area contributed by atoms with Gasteiger partial charge in [-0.2, -0.15) is 0 Å². The molecule has 1 heterocycles. The quantitative estimate of drug-likeness (QED) is 0.865. The van der Waals surface area contributed by atoms with Crippen LogP contribution in [0, 0.1) is 12.8 Å². The number of nitrogens with two attached hydrogens (primary N) is 1. The summed E-state index contributed by atoms with van der Waals surface area (Å²) < 4.78 is 0. The van der Waals surface area contributed by atoms with Gasteiger partial charge in [-0.25, -0.2) is 0 Å². The summed E-state index contributed by atoms with van der Waals surface area (Å²) >= 11 is 0. The number of amides is 2. The molecule has 1 aliphatic heterocycles. The van der Waals surface area contributed by atoms with Crippen molar-refractivity contribution in [3.05, 3.63) is 29.8 Å². The smallest absolute Gasteiger partial charge is 0.238 e. The molecule has 20 heavy (non-hydrogen) atoms. The van der Waals surface area contributed by atoms with E-state index < -0.39 is 0 Å². The summed E-state index contributed by atoms with van der Waals surface area (Å²) in [5.41, 5.74) is 7.23. The SMILES string of the molecule is Cc1cccc(NC(=O)CN2CCC(C(N)=O)CC2)c1. The number of primary amides is 1. The number of rotatable bonds is 4. The Hall–Kier alpha value is -1.88. The maximum atomic E-state index is 12.0. The molecule has 1 aromatic carbocycles. The van der Waals surface area contributed by atoms with Crippen molar-refractivity contribution in [3.63, 3.8) is 0 Å². The van der Waals surface area contributed by atoms with Gasteiger partial charge in [0, 0.05) is 11.6 Å². The number of likely N-dealkylation sites (tertiary alicyclic amines) is 1. The standard InChI is InChI=1S/C15H21N3O2/c1-11-3-2-4-13(9-11)17-14(19)10-18-7-5-12(6-8-18)15(16)20/h2-4,9,12H,5-8,10H2,1H3,(H2,16,20)(H,17,19). The van der Waals surface area contributed by atoms with Crippen molar-refractivity contribution in [3.8, 4) is 0 Å². The summed E-state index contributed by atoms with van der Waals surface area (Å²) in [5, 5.41) is 2.89. The van der Waals surface area contributed by atoms with E-state index in [0.29, 0.717) is 6.54 Å². The normalized spacial score (nSPS) is 16.9. The lowest BCUT2D eigenvalue weighted by Gasteiger charge is -2.29. The minimum atomic E-state index is -0.228. The fourth-order valence-corrected chi connectivity index (χ4v) is 2.50. The topological polar surface area (TPSA) is 75.4 Å². The first-order valence-electron chi connectivity index (χ1n) is 6.93. The summed E-state index contributed by atoms with van der Waals surface area (Å²) in [6.07, 6.45) is 1.49. The van der Waals surface area contributed by atoms with Crippen LogP contribution in [-0.2, 0) is 9.59 Å². The van der Waals surface area contributed by atoms with Crippen LogP contribution in [0.5, 0.6) is 0 Å². The van der Waals surface area contributed by atoms with Crippen LogP contribution in [0.3, 0.4) is 0 Å². The molecule has 0 bridgehead atoms. The van der Waals surface area contributed by atoms with Crippen LogP contribution in [0.15, 0.2) is 24.3 Å². The fraction of sp³-hybridized carbons (Fsp3) is 0.467. The lowest BCUT2D eigenvalue weighted by molar-refractivity contribution is -0.123. The largest absolute Gasteiger partial charge is 0.369 e. The van der Waals surface area contributed by atoms with E-state index in [-0.39, 0.29) is 17.7 Å². The molecule has 3 N–H and O–H groups in total. The second-order valence-corrected chi connectivity index (χ2v) is 5.37. The van der Waals surface area contributed by atoms with Crippen LogP contribution >= 0.6 is 0 Å². The predicted octanol–water partition coefficient (Wildman–Crippen LogP) is 1.13. The van der Waals surface area contributed by atoms with Crippen molar-refractivity contribution in [2.24, 2.45) is 11.7 Å². The highest BCUT2D eigenvalue weighted by Gasteiger charge is 2.24. The Morgan fingerprint density at radius 2 is 2.05 bits per heavy atom. The summed E-state index contributed by atoms with van der Waals surface area (Å²) in [4.78, 5) is 25.1. The second kappa shape index (κ2) is 6.52. The van der Waals surface area contributed by atoms with Crippen LogP contribution in [0.4, 0.5) is 5.69 Å². The first-order chi connectivity index (χ1) is 9.54. The number of benzene rings is 1. The first-order valence-corrected chi connectivity index (χ1v) is 6.93. The van der Waals surface area contributed by atoms with E-state index in [9.17, 15) is 9.59 Å². The molecule has 0 aliphatic carbocycles. The number of carbonyl (C=O) groups excluding carboxylic acids is 2. The summed E-state index contributed by atoms with van der Waals surface area (Å²) in [6, 6.07) is 7.73. The Bertz CT molecular complexity index is 494. The van der Waals surface area contributed by atoms with Crippen LogP contribution < -0.4 is 11.1 Å². The molecule has 0 radical (unpaired) electrons. The second-order valence-electron chi connectivity index (χ2n) is 5.37. The lowest BCUT2D eigenvalue weighted by atomic mass is 9.96.